The molecular weight excluding hydrogens is 396 g/mol. The van der Waals surface area contributed by atoms with Crippen LogP contribution in [-0.2, 0) is 11.2 Å². The van der Waals surface area contributed by atoms with E-state index >= 15 is 0 Å². The van der Waals surface area contributed by atoms with Crippen LogP contribution in [0, 0.1) is 0 Å². The number of phenols is 1. The molecule has 30 heavy (non-hydrogen) atoms. The van der Waals surface area contributed by atoms with Gasteiger partial charge in [0.15, 0.2) is 0 Å². The largest absolute Gasteiger partial charge is 0.508 e. The molecule has 0 bridgehead atoms. The summed E-state index contributed by atoms with van der Waals surface area (Å²) in [6, 6.07) is 23.0. The van der Waals surface area contributed by atoms with E-state index in [4.69, 9.17) is 11.6 Å². The molecule has 3 aromatic carbocycles. The molecule has 5 heteroatoms. The van der Waals surface area contributed by atoms with Crippen molar-refractivity contribution in [3.63, 3.8) is 0 Å². The van der Waals surface area contributed by atoms with E-state index in [1.54, 1.807) is 12.1 Å². The topological polar surface area (TPSA) is 65.1 Å². The highest BCUT2D eigenvalue weighted by Gasteiger charge is 2.21. The van der Waals surface area contributed by atoms with Crippen molar-refractivity contribution in [3.8, 4) is 5.75 Å². The number of nitrogens with one attached hydrogen (secondary N) is 2. The van der Waals surface area contributed by atoms with E-state index in [2.05, 4.69) is 16.4 Å². The number of aromatic amines is 1. The molecule has 0 aliphatic rings. The first-order valence-corrected chi connectivity index (χ1v) is 10.4. The highest BCUT2D eigenvalue weighted by molar-refractivity contribution is 6.31. The molecule has 1 aromatic heterocycles. The molecule has 1 amide bonds. The summed E-state index contributed by atoms with van der Waals surface area (Å²) in [5, 5.41) is 14.7. The molecule has 4 nitrogen and oxygen atoms in total. The number of amides is 1. The van der Waals surface area contributed by atoms with Crippen molar-refractivity contribution in [1.29, 1.82) is 0 Å². The lowest BCUT2D eigenvalue weighted by molar-refractivity contribution is -0.121. The fourth-order valence-electron chi connectivity index (χ4n) is 3.80. The molecule has 0 fully saturated rings. The third-order valence-electron chi connectivity index (χ3n) is 5.39. The highest BCUT2D eigenvalue weighted by atomic mass is 35.5. The number of hydrogen-bond donors (Lipinski definition) is 3. The lowest BCUT2D eigenvalue weighted by atomic mass is 9.90. The Morgan fingerprint density at radius 3 is 2.53 bits per heavy atom. The van der Waals surface area contributed by atoms with Crippen molar-refractivity contribution in [1.82, 2.24) is 10.3 Å². The lowest BCUT2D eigenvalue weighted by Gasteiger charge is -2.19. The van der Waals surface area contributed by atoms with E-state index in [0.29, 0.717) is 24.4 Å². The predicted octanol–water partition coefficient (Wildman–Crippen LogP) is 5.41. The third-order valence-corrected chi connectivity index (χ3v) is 5.74. The predicted molar refractivity (Wildman–Crippen MR) is 121 cm³/mol. The first-order valence-electron chi connectivity index (χ1n) is 9.97. The van der Waals surface area contributed by atoms with Crippen LogP contribution in [0.1, 0.15) is 29.0 Å². The SMILES string of the molecule is O=C(CCc1ccccc1O)NC[C@H](c1ccccc1Cl)c1c[nH]c2ccccc12. The van der Waals surface area contributed by atoms with Crippen LogP contribution < -0.4 is 5.32 Å². The van der Waals surface area contributed by atoms with Gasteiger partial charge in [0.25, 0.3) is 0 Å². The van der Waals surface area contributed by atoms with Crippen molar-refractivity contribution in [2.75, 3.05) is 6.54 Å². The summed E-state index contributed by atoms with van der Waals surface area (Å²) in [5.41, 5.74) is 3.90. The molecule has 0 radical (unpaired) electrons. The Balaban J connectivity index is 1.53. The molecular formula is C25H23ClN2O2. The average Bonchev–Trinajstić information content (AvgIpc) is 3.18. The molecule has 4 rings (SSSR count). The van der Waals surface area contributed by atoms with Gasteiger partial charge in [-0.1, -0.05) is 66.2 Å². The van der Waals surface area contributed by atoms with E-state index in [0.717, 1.165) is 27.6 Å². The minimum absolute atomic E-state index is 0.0600. The Hall–Kier alpha value is -3.24. The fraction of sp³-hybridized carbons (Fsp3) is 0.160. The molecule has 0 spiro atoms. The van der Waals surface area contributed by atoms with Gasteiger partial charge in [0.05, 0.1) is 0 Å². The number of carbonyl (C=O) groups excluding carboxylic acids is 1. The fourth-order valence-corrected chi connectivity index (χ4v) is 4.07. The van der Waals surface area contributed by atoms with E-state index in [1.807, 2.05) is 60.8 Å². The zero-order chi connectivity index (χ0) is 20.9. The lowest BCUT2D eigenvalue weighted by Crippen LogP contribution is -2.29. The minimum Gasteiger partial charge on any atom is -0.508 e. The maximum Gasteiger partial charge on any atom is 0.220 e. The van der Waals surface area contributed by atoms with Gasteiger partial charge in [0, 0.05) is 41.0 Å². The molecule has 0 saturated carbocycles. The van der Waals surface area contributed by atoms with E-state index in [1.165, 1.54) is 0 Å². The van der Waals surface area contributed by atoms with Gasteiger partial charge in [-0.15, -0.1) is 0 Å². The number of benzene rings is 3. The number of halogens is 1. The molecule has 1 atom stereocenters. The Labute approximate surface area is 180 Å². The third kappa shape index (κ3) is 4.34. The number of aromatic hydroxyl groups is 1. The molecule has 0 aliphatic carbocycles. The maximum absolute atomic E-state index is 12.5. The summed E-state index contributed by atoms with van der Waals surface area (Å²) in [6.45, 7) is 0.436. The summed E-state index contributed by atoms with van der Waals surface area (Å²) < 4.78 is 0. The Morgan fingerprint density at radius 1 is 0.967 bits per heavy atom. The van der Waals surface area contributed by atoms with Gasteiger partial charge in [-0.05, 0) is 41.3 Å². The van der Waals surface area contributed by atoms with Crippen LogP contribution in [0.5, 0.6) is 5.75 Å². The van der Waals surface area contributed by atoms with E-state index in [-0.39, 0.29) is 17.6 Å². The monoisotopic (exact) mass is 418 g/mol. The summed E-state index contributed by atoms with van der Waals surface area (Å²) in [4.78, 5) is 15.9. The standard InChI is InChI=1S/C25H23ClN2O2/c26-22-10-4-2-8-18(22)20(21-15-27-23-11-5-3-9-19(21)23)16-28-25(30)14-13-17-7-1-6-12-24(17)29/h1-12,15,20,27,29H,13-14,16H2,(H,28,30)/t20-/m1/s1. The average molecular weight is 419 g/mol. The Bertz CT molecular complexity index is 1170. The van der Waals surface area contributed by atoms with Gasteiger partial charge < -0.3 is 15.4 Å². The zero-order valence-electron chi connectivity index (χ0n) is 16.4. The summed E-state index contributed by atoms with van der Waals surface area (Å²) in [7, 11) is 0. The van der Waals surface area contributed by atoms with Gasteiger partial charge in [0.1, 0.15) is 5.75 Å². The molecule has 1 heterocycles. The van der Waals surface area contributed by atoms with Gasteiger partial charge in [-0.3, -0.25) is 4.79 Å². The Kier molecular flexibility index (Phi) is 6.05. The van der Waals surface area contributed by atoms with E-state index < -0.39 is 0 Å². The molecule has 152 valence electrons. The summed E-state index contributed by atoms with van der Waals surface area (Å²) >= 11 is 6.51. The second-order valence-corrected chi connectivity index (χ2v) is 7.70. The smallest absolute Gasteiger partial charge is 0.220 e. The maximum atomic E-state index is 12.5. The number of aryl methyl sites for hydroxylation is 1. The molecule has 4 aromatic rings. The number of phenolic OH excluding ortho intramolecular Hbond substituents is 1. The number of aromatic nitrogens is 1. The van der Waals surface area contributed by atoms with Gasteiger partial charge in [0.2, 0.25) is 5.91 Å². The van der Waals surface area contributed by atoms with Crippen LogP contribution >= 0.6 is 11.6 Å². The van der Waals surface area contributed by atoms with Crippen LogP contribution in [-0.4, -0.2) is 22.5 Å². The second kappa shape index (κ2) is 9.06. The van der Waals surface area contributed by atoms with Crippen LogP contribution in [0.2, 0.25) is 5.02 Å². The van der Waals surface area contributed by atoms with Crippen molar-refractivity contribution >= 4 is 28.4 Å². The number of H-pyrrole nitrogens is 1. The summed E-state index contributed by atoms with van der Waals surface area (Å²) in [6.07, 6.45) is 2.79. The van der Waals surface area contributed by atoms with Crippen molar-refractivity contribution in [3.05, 3.63) is 101 Å². The quantitative estimate of drug-likeness (QED) is 0.376. The van der Waals surface area contributed by atoms with Crippen molar-refractivity contribution in [2.24, 2.45) is 0 Å². The van der Waals surface area contributed by atoms with Gasteiger partial charge in [-0.25, -0.2) is 0 Å². The highest BCUT2D eigenvalue weighted by Crippen LogP contribution is 2.34. The summed E-state index contributed by atoms with van der Waals surface area (Å²) in [5.74, 6) is 0.0807. The normalized spacial score (nSPS) is 12.0. The number of hydrogen-bond acceptors (Lipinski definition) is 2. The molecule has 0 saturated heterocycles. The molecule has 0 aliphatic heterocycles. The Morgan fingerprint density at radius 2 is 1.70 bits per heavy atom. The van der Waals surface area contributed by atoms with E-state index in [9.17, 15) is 9.90 Å². The molecule has 0 unspecified atom stereocenters. The zero-order valence-corrected chi connectivity index (χ0v) is 17.2. The van der Waals surface area contributed by atoms with Crippen LogP contribution in [0.4, 0.5) is 0 Å². The minimum atomic E-state index is -0.0797. The van der Waals surface area contributed by atoms with Crippen molar-refractivity contribution < 1.29 is 9.90 Å². The van der Waals surface area contributed by atoms with Crippen LogP contribution in [0.15, 0.2) is 79.0 Å². The number of rotatable bonds is 7. The van der Waals surface area contributed by atoms with Crippen LogP contribution in [0.25, 0.3) is 10.9 Å². The number of carbonyl (C=O) groups is 1. The van der Waals surface area contributed by atoms with Crippen molar-refractivity contribution in [2.45, 2.75) is 18.8 Å². The first kappa shape index (κ1) is 20.0. The second-order valence-electron chi connectivity index (χ2n) is 7.30. The first-order chi connectivity index (χ1) is 14.6. The van der Waals surface area contributed by atoms with Gasteiger partial charge in [-0.2, -0.15) is 0 Å². The molecule has 3 N–H and O–H groups in total. The van der Waals surface area contributed by atoms with Crippen LogP contribution in [0.3, 0.4) is 0 Å². The number of fused-ring (bicyclic) bond motifs is 1. The number of para-hydroxylation sites is 2. The van der Waals surface area contributed by atoms with Gasteiger partial charge >= 0.3 is 0 Å².